The molecule has 1 rings (SSSR count). The summed E-state index contributed by atoms with van der Waals surface area (Å²) in [5, 5.41) is 11.3. The number of carboxylic acids is 1. The topological polar surface area (TPSA) is 75.6 Å². The van der Waals surface area contributed by atoms with Crippen LogP contribution in [-0.2, 0) is 9.59 Å². The summed E-state index contributed by atoms with van der Waals surface area (Å²) in [6, 6.07) is 5.18. The van der Waals surface area contributed by atoms with Crippen LogP contribution < -0.4 is 10.1 Å². The van der Waals surface area contributed by atoms with E-state index in [4.69, 9.17) is 9.84 Å². The van der Waals surface area contributed by atoms with E-state index in [0.29, 0.717) is 12.3 Å². The Morgan fingerprint density at radius 1 is 1.44 bits per heavy atom. The molecule has 1 atom stereocenters. The fourth-order valence-corrected chi connectivity index (χ4v) is 1.41. The number of carbonyl (C=O) groups excluding carboxylic acids is 1. The third-order valence-corrected chi connectivity index (χ3v) is 2.51. The Kier molecular flexibility index (Phi) is 4.71. The molecule has 1 unspecified atom stereocenters. The predicted molar refractivity (Wildman–Crippen MR) is 67.8 cm³/mol. The fraction of sp³-hybridized carbons (Fsp3) is 0.385. The quantitative estimate of drug-likeness (QED) is 0.785. The predicted octanol–water partition coefficient (Wildman–Crippen LogP) is 2.05. The van der Waals surface area contributed by atoms with Crippen molar-refractivity contribution in [1.82, 2.24) is 0 Å². The van der Waals surface area contributed by atoms with Crippen LogP contribution in [0.25, 0.3) is 0 Å². The second-order valence-corrected chi connectivity index (χ2v) is 3.96. The first-order valence-electron chi connectivity index (χ1n) is 5.72. The van der Waals surface area contributed by atoms with Gasteiger partial charge < -0.3 is 15.2 Å². The molecular formula is C13H17NO4. The van der Waals surface area contributed by atoms with E-state index < -0.39 is 17.8 Å². The van der Waals surface area contributed by atoms with Gasteiger partial charge in [0, 0.05) is 5.69 Å². The third kappa shape index (κ3) is 3.48. The van der Waals surface area contributed by atoms with Gasteiger partial charge in [-0.25, -0.2) is 0 Å². The van der Waals surface area contributed by atoms with Gasteiger partial charge in [0.1, 0.15) is 11.7 Å². The van der Waals surface area contributed by atoms with E-state index in [-0.39, 0.29) is 0 Å². The van der Waals surface area contributed by atoms with Crippen LogP contribution >= 0.6 is 0 Å². The molecule has 0 aliphatic heterocycles. The van der Waals surface area contributed by atoms with E-state index in [1.54, 1.807) is 18.2 Å². The molecule has 18 heavy (non-hydrogen) atoms. The average molecular weight is 251 g/mol. The van der Waals surface area contributed by atoms with Gasteiger partial charge in [-0.15, -0.1) is 0 Å². The molecule has 0 fully saturated rings. The molecular weight excluding hydrogens is 234 g/mol. The highest BCUT2D eigenvalue weighted by Crippen LogP contribution is 2.22. The third-order valence-electron chi connectivity index (χ3n) is 2.51. The second kappa shape index (κ2) is 6.05. The Hall–Kier alpha value is -2.04. The summed E-state index contributed by atoms with van der Waals surface area (Å²) in [5.41, 5.74) is 1.45. The van der Waals surface area contributed by atoms with Gasteiger partial charge in [-0.3, -0.25) is 9.59 Å². The molecule has 0 saturated carbocycles. The van der Waals surface area contributed by atoms with Gasteiger partial charge in [0.2, 0.25) is 5.91 Å². The normalized spacial score (nSPS) is 11.7. The number of aliphatic carboxylic acids is 1. The number of rotatable bonds is 5. The molecule has 0 aliphatic rings. The van der Waals surface area contributed by atoms with Crippen LogP contribution in [0.5, 0.6) is 5.75 Å². The van der Waals surface area contributed by atoms with Crippen molar-refractivity contribution in [2.24, 2.45) is 5.92 Å². The number of carbonyl (C=O) groups is 2. The minimum atomic E-state index is -1.14. The summed E-state index contributed by atoms with van der Waals surface area (Å²) in [6.07, 6.45) is 0. The molecule has 5 heteroatoms. The van der Waals surface area contributed by atoms with E-state index in [1.807, 2.05) is 13.8 Å². The van der Waals surface area contributed by atoms with Crippen molar-refractivity contribution in [3.63, 3.8) is 0 Å². The summed E-state index contributed by atoms with van der Waals surface area (Å²) in [4.78, 5) is 22.2. The van der Waals surface area contributed by atoms with Crippen molar-refractivity contribution >= 4 is 17.6 Å². The molecule has 0 heterocycles. The number of hydrogen-bond donors (Lipinski definition) is 2. The van der Waals surface area contributed by atoms with E-state index in [2.05, 4.69) is 5.32 Å². The molecule has 0 spiro atoms. The van der Waals surface area contributed by atoms with Gasteiger partial charge >= 0.3 is 5.97 Å². The fourth-order valence-electron chi connectivity index (χ4n) is 1.41. The van der Waals surface area contributed by atoms with Crippen molar-refractivity contribution in [1.29, 1.82) is 0 Å². The zero-order valence-corrected chi connectivity index (χ0v) is 10.7. The standard InChI is InChI=1S/C13H17NO4/c1-4-18-11-6-5-10(7-8(11)2)14-12(15)9(3)13(16)17/h5-7,9H,4H2,1-3H3,(H,14,15)(H,16,17). The van der Waals surface area contributed by atoms with Crippen molar-refractivity contribution in [3.8, 4) is 5.75 Å². The average Bonchev–Trinajstić information content (AvgIpc) is 2.31. The smallest absolute Gasteiger partial charge is 0.315 e. The maximum absolute atomic E-state index is 11.6. The second-order valence-electron chi connectivity index (χ2n) is 3.96. The summed E-state index contributed by atoms with van der Waals surface area (Å²) in [5.74, 6) is -2.00. The Balaban J connectivity index is 2.77. The summed E-state index contributed by atoms with van der Waals surface area (Å²) >= 11 is 0. The number of nitrogens with one attached hydrogen (secondary N) is 1. The lowest BCUT2D eigenvalue weighted by Gasteiger charge is -2.11. The molecule has 0 bridgehead atoms. The number of aryl methyl sites for hydroxylation is 1. The molecule has 1 aromatic rings. The van der Waals surface area contributed by atoms with Gasteiger partial charge in [0.25, 0.3) is 0 Å². The van der Waals surface area contributed by atoms with Crippen LogP contribution in [0.3, 0.4) is 0 Å². The summed E-state index contributed by atoms with van der Waals surface area (Å²) in [6.45, 7) is 5.67. The van der Waals surface area contributed by atoms with Crippen LogP contribution in [0.15, 0.2) is 18.2 Å². The molecule has 0 saturated heterocycles. The molecule has 5 nitrogen and oxygen atoms in total. The van der Waals surface area contributed by atoms with Gasteiger partial charge in [0.05, 0.1) is 6.61 Å². The maximum Gasteiger partial charge on any atom is 0.315 e. The number of benzene rings is 1. The first kappa shape index (κ1) is 14.0. The highest BCUT2D eigenvalue weighted by Gasteiger charge is 2.20. The number of carboxylic acid groups (broad SMARTS) is 1. The van der Waals surface area contributed by atoms with Crippen molar-refractivity contribution in [2.75, 3.05) is 11.9 Å². The number of anilines is 1. The van der Waals surface area contributed by atoms with Crippen LogP contribution in [0, 0.1) is 12.8 Å². The maximum atomic E-state index is 11.6. The zero-order valence-electron chi connectivity index (χ0n) is 10.7. The minimum Gasteiger partial charge on any atom is -0.494 e. The van der Waals surface area contributed by atoms with Gasteiger partial charge in [0.15, 0.2) is 0 Å². The minimum absolute atomic E-state index is 0.536. The number of ether oxygens (including phenoxy) is 1. The molecule has 2 N–H and O–H groups in total. The molecule has 1 aromatic carbocycles. The van der Waals surface area contributed by atoms with Crippen molar-refractivity contribution < 1.29 is 19.4 Å². The van der Waals surface area contributed by atoms with Gasteiger partial charge in [-0.1, -0.05) is 0 Å². The van der Waals surface area contributed by atoms with Crippen LogP contribution in [0.2, 0.25) is 0 Å². The van der Waals surface area contributed by atoms with E-state index in [9.17, 15) is 9.59 Å². The molecule has 0 aromatic heterocycles. The van der Waals surface area contributed by atoms with Crippen LogP contribution in [-0.4, -0.2) is 23.6 Å². The Labute approximate surface area is 106 Å². The van der Waals surface area contributed by atoms with Crippen LogP contribution in [0.1, 0.15) is 19.4 Å². The molecule has 0 aliphatic carbocycles. The molecule has 1 amide bonds. The van der Waals surface area contributed by atoms with Crippen LogP contribution in [0.4, 0.5) is 5.69 Å². The molecule has 98 valence electrons. The lowest BCUT2D eigenvalue weighted by molar-refractivity contribution is -0.144. The highest BCUT2D eigenvalue weighted by atomic mass is 16.5. The lowest BCUT2D eigenvalue weighted by Crippen LogP contribution is -2.26. The first-order valence-corrected chi connectivity index (χ1v) is 5.72. The Bertz CT molecular complexity index is 456. The molecule has 0 radical (unpaired) electrons. The summed E-state index contributed by atoms with van der Waals surface area (Å²) in [7, 11) is 0. The Morgan fingerprint density at radius 2 is 2.11 bits per heavy atom. The van der Waals surface area contributed by atoms with E-state index in [0.717, 1.165) is 11.3 Å². The van der Waals surface area contributed by atoms with Gasteiger partial charge in [-0.2, -0.15) is 0 Å². The largest absolute Gasteiger partial charge is 0.494 e. The highest BCUT2D eigenvalue weighted by molar-refractivity contribution is 6.03. The lowest BCUT2D eigenvalue weighted by atomic mass is 10.1. The van der Waals surface area contributed by atoms with Crippen molar-refractivity contribution in [2.45, 2.75) is 20.8 Å². The number of hydrogen-bond acceptors (Lipinski definition) is 3. The Morgan fingerprint density at radius 3 is 2.61 bits per heavy atom. The monoisotopic (exact) mass is 251 g/mol. The first-order chi connectivity index (χ1) is 8.45. The SMILES string of the molecule is CCOc1ccc(NC(=O)C(C)C(=O)O)cc1C. The summed E-state index contributed by atoms with van der Waals surface area (Å²) < 4.78 is 5.38. The van der Waals surface area contributed by atoms with Gasteiger partial charge in [-0.05, 0) is 44.5 Å². The number of amides is 1. The van der Waals surface area contributed by atoms with Crippen molar-refractivity contribution in [3.05, 3.63) is 23.8 Å². The van der Waals surface area contributed by atoms with E-state index in [1.165, 1.54) is 6.92 Å². The zero-order chi connectivity index (χ0) is 13.7. The van der Waals surface area contributed by atoms with E-state index >= 15 is 0 Å².